The van der Waals surface area contributed by atoms with Gasteiger partial charge in [-0.15, -0.1) is 0 Å². The third-order valence-electron chi connectivity index (χ3n) is 4.55. The number of carbonyl (C=O) groups excluding carboxylic acids is 1. The van der Waals surface area contributed by atoms with E-state index in [1.165, 1.54) is 21.7 Å². The van der Waals surface area contributed by atoms with E-state index in [1.807, 2.05) is 13.0 Å². The predicted molar refractivity (Wildman–Crippen MR) is 116 cm³/mol. The van der Waals surface area contributed by atoms with E-state index in [-0.39, 0.29) is 5.97 Å². The summed E-state index contributed by atoms with van der Waals surface area (Å²) in [6, 6.07) is 17.0. The van der Waals surface area contributed by atoms with E-state index in [0.717, 1.165) is 29.6 Å². The lowest BCUT2D eigenvalue weighted by Gasteiger charge is -2.10. The first-order valence-corrected chi connectivity index (χ1v) is 9.49. The van der Waals surface area contributed by atoms with Crippen molar-refractivity contribution in [3.8, 4) is 5.75 Å². The highest BCUT2D eigenvalue weighted by molar-refractivity contribution is 6.07. The van der Waals surface area contributed by atoms with Crippen LogP contribution in [-0.2, 0) is 16.0 Å². The molecule has 0 atom stereocenters. The van der Waals surface area contributed by atoms with E-state index in [2.05, 4.69) is 55.6 Å². The maximum atomic E-state index is 11.4. The fourth-order valence-corrected chi connectivity index (χ4v) is 3.12. The second kappa shape index (κ2) is 8.75. The zero-order valence-corrected chi connectivity index (χ0v) is 16.6. The Kier molecular flexibility index (Phi) is 6.15. The van der Waals surface area contributed by atoms with Gasteiger partial charge in [0.1, 0.15) is 12.4 Å². The van der Waals surface area contributed by atoms with E-state index in [0.29, 0.717) is 18.8 Å². The van der Waals surface area contributed by atoms with E-state index in [9.17, 15) is 4.79 Å². The van der Waals surface area contributed by atoms with Crippen LogP contribution < -0.4 is 4.74 Å². The van der Waals surface area contributed by atoms with Gasteiger partial charge in [-0.25, -0.2) is 4.79 Å². The molecule has 0 aliphatic heterocycles. The molecule has 0 heterocycles. The van der Waals surface area contributed by atoms with Gasteiger partial charge in [0.05, 0.1) is 6.61 Å². The number of hydrogen-bond acceptors (Lipinski definition) is 3. The van der Waals surface area contributed by atoms with Crippen LogP contribution in [0.5, 0.6) is 5.75 Å². The lowest BCUT2D eigenvalue weighted by Crippen LogP contribution is -2.06. The van der Waals surface area contributed by atoms with Gasteiger partial charge in [0.15, 0.2) is 0 Å². The number of aryl methyl sites for hydroxylation is 1. The summed E-state index contributed by atoms with van der Waals surface area (Å²) in [6.07, 6.45) is 1.66. The molecule has 3 aromatic carbocycles. The van der Waals surface area contributed by atoms with Crippen LogP contribution in [0.3, 0.4) is 0 Å². The van der Waals surface area contributed by atoms with Gasteiger partial charge in [0.25, 0.3) is 0 Å². The van der Waals surface area contributed by atoms with Gasteiger partial charge in [-0.05, 0) is 71.5 Å². The maximum absolute atomic E-state index is 11.4. The normalized spacial score (nSPS) is 10.8. The third kappa shape index (κ3) is 4.80. The molecule has 0 aliphatic carbocycles. The Morgan fingerprint density at radius 1 is 0.929 bits per heavy atom. The first-order valence-electron chi connectivity index (χ1n) is 9.49. The van der Waals surface area contributed by atoms with Crippen LogP contribution in [0.15, 0.2) is 72.8 Å². The molecule has 144 valence electrons. The Hall–Kier alpha value is -3.07. The van der Waals surface area contributed by atoms with Crippen LogP contribution in [0.4, 0.5) is 0 Å². The second-order valence-corrected chi connectivity index (χ2v) is 7.27. The summed E-state index contributed by atoms with van der Waals surface area (Å²) >= 11 is 0. The Balaban J connectivity index is 1.73. The molecule has 0 saturated heterocycles. The molecule has 0 radical (unpaired) electrons. The number of rotatable bonds is 8. The summed E-state index contributed by atoms with van der Waals surface area (Å²) in [5.41, 5.74) is 2.67. The fraction of sp³-hybridized carbons (Fsp3) is 0.240. The fourth-order valence-electron chi connectivity index (χ4n) is 3.12. The minimum Gasteiger partial charge on any atom is -0.489 e. The number of hydrogen-bond donors (Lipinski definition) is 0. The largest absolute Gasteiger partial charge is 0.489 e. The lowest BCUT2D eigenvalue weighted by molar-refractivity contribution is -0.139. The molecule has 3 heteroatoms. The van der Waals surface area contributed by atoms with Crippen molar-refractivity contribution in [2.24, 2.45) is 0 Å². The minimum absolute atomic E-state index is 0.323. The van der Waals surface area contributed by atoms with Crippen LogP contribution in [0.25, 0.3) is 21.5 Å². The van der Waals surface area contributed by atoms with Crippen LogP contribution >= 0.6 is 0 Å². The molecule has 0 aromatic heterocycles. The second-order valence-electron chi connectivity index (χ2n) is 7.27. The topological polar surface area (TPSA) is 35.5 Å². The molecule has 3 rings (SSSR count). The first kappa shape index (κ1) is 19.7. The molecule has 28 heavy (non-hydrogen) atoms. The molecule has 0 amide bonds. The van der Waals surface area contributed by atoms with Crippen molar-refractivity contribution in [3.05, 3.63) is 78.4 Å². The van der Waals surface area contributed by atoms with Crippen LogP contribution in [0.1, 0.15) is 25.8 Å². The van der Waals surface area contributed by atoms with Crippen LogP contribution in [0, 0.1) is 0 Å². The van der Waals surface area contributed by atoms with Crippen molar-refractivity contribution < 1.29 is 14.3 Å². The number of fused-ring (bicyclic) bond motifs is 3. The zero-order chi connectivity index (χ0) is 20.1. The van der Waals surface area contributed by atoms with Gasteiger partial charge in [-0.3, -0.25) is 0 Å². The molecule has 0 saturated carbocycles. The van der Waals surface area contributed by atoms with Gasteiger partial charge < -0.3 is 9.47 Å². The standard InChI is InChI=1S/C25H26O3/c1-17(2)16-28-22-10-12-24-21(15-22)9-8-20-14-19(7-11-23(20)24)6-5-13-27-25(26)18(3)4/h7-12,14-15H,1,3,5-6,13,16H2,2,4H3. The summed E-state index contributed by atoms with van der Waals surface area (Å²) in [4.78, 5) is 11.4. The summed E-state index contributed by atoms with van der Waals surface area (Å²) in [6.45, 7) is 12.0. The molecule has 0 N–H and O–H groups in total. The number of ether oxygens (including phenoxy) is 2. The average Bonchev–Trinajstić information content (AvgIpc) is 2.68. The van der Waals surface area contributed by atoms with Crippen LogP contribution in [0.2, 0.25) is 0 Å². The van der Waals surface area contributed by atoms with E-state index >= 15 is 0 Å². The zero-order valence-electron chi connectivity index (χ0n) is 16.6. The number of benzene rings is 3. The lowest BCUT2D eigenvalue weighted by atomic mass is 9.98. The Labute approximate surface area is 166 Å². The Morgan fingerprint density at radius 2 is 1.61 bits per heavy atom. The number of carbonyl (C=O) groups is 1. The molecule has 0 bridgehead atoms. The average molecular weight is 374 g/mol. The van der Waals surface area contributed by atoms with Crippen molar-refractivity contribution in [1.82, 2.24) is 0 Å². The third-order valence-corrected chi connectivity index (χ3v) is 4.55. The summed E-state index contributed by atoms with van der Waals surface area (Å²) in [5.74, 6) is 0.535. The molecule has 0 unspecified atom stereocenters. The van der Waals surface area contributed by atoms with Gasteiger partial charge in [-0.1, -0.05) is 49.6 Å². The predicted octanol–water partition coefficient (Wildman–Crippen LogP) is 6.00. The first-order chi connectivity index (χ1) is 13.4. The van der Waals surface area contributed by atoms with E-state index < -0.39 is 0 Å². The highest BCUT2D eigenvalue weighted by Crippen LogP contribution is 2.29. The van der Waals surface area contributed by atoms with E-state index in [4.69, 9.17) is 9.47 Å². The van der Waals surface area contributed by atoms with Crippen molar-refractivity contribution in [3.63, 3.8) is 0 Å². The molecule has 0 fully saturated rings. The maximum Gasteiger partial charge on any atom is 0.333 e. The van der Waals surface area contributed by atoms with Gasteiger partial charge in [0, 0.05) is 5.57 Å². The highest BCUT2D eigenvalue weighted by Gasteiger charge is 2.05. The summed E-state index contributed by atoms with van der Waals surface area (Å²) in [5, 5.41) is 4.80. The van der Waals surface area contributed by atoms with Crippen molar-refractivity contribution in [2.75, 3.05) is 13.2 Å². The van der Waals surface area contributed by atoms with Crippen LogP contribution in [-0.4, -0.2) is 19.2 Å². The van der Waals surface area contributed by atoms with Crippen molar-refractivity contribution in [1.29, 1.82) is 0 Å². The number of esters is 1. The molecular weight excluding hydrogens is 348 g/mol. The molecule has 0 aliphatic rings. The smallest absolute Gasteiger partial charge is 0.333 e. The summed E-state index contributed by atoms with van der Waals surface area (Å²) in [7, 11) is 0. The highest BCUT2D eigenvalue weighted by atomic mass is 16.5. The summed E-state index contributed by atoms with van der Waals surface area (Å²) < 4.78 is 10.9. The van der Waals surface area contributed by atoms with E-state index in [1.54, 1.807) is 6.92 Å². The van der Waals surface area contributed by atoms with Crippen molar-refractivity contribution in [2.45, 2.75) is 26.7 Å². The minimum atomic E-state index is -0.323. The van der Waals surface area contributed by atoms with Gasteiger partial charge >= 0.3 is 5.97 Å². The SMILES string of the molecule is C=C(C)COc1ccc2c(ccc3cc(CCCOC(=O)C(=C)C)ccc32)c1. The van der Waals surface area contributed by atoms with Crippen molar-refractivity contribution >= 4 is 27.5 Å². The quantitative estimate of drug-likeness (QED) is 0.159. The Morgan fingerprint density at radius 3 is 2.29 bits per heavy atom. The Bertz CT molecular complexity index is 1050. The molecular formula is C25H26O3. The molecule has 3 aromatic rings. The van der Waals surface area contributed by atoms with Gasteiger partial charge in [-0.2, -0.15) is 0 Å². The van der Waals surface area contributed by atoms with Gasteiger partial charge in [0.2, 0.25) is 0 Å². The molecule has 0 spiro atoms. The monoisotopic (exact) mass is 374 g/mol. The molecule has 3 nitrogen and oxygen atoms in total.